The molecule has 1 aromatic heterocycles. The monoisotopic (exact) mass is 277 g/mol. The molecule has 0 amide bonds. The Hall–Kier alpha value is -0.920. The number of aliphatic carboxylic acids is 1. The molecule has 0 saturated carbocycles. The molecule has 7 heteroatoms. The Morgan fingerprint density at radius 2 is 2.24 bits per heavy atom. The smallest absolute Gasteiger partial charge is 0.322 e. The number of carboxylic acids is 1. The van der Waals surface area contributed by atoms with Crippen molar-refractivity contribution < 1.29 is 18.3 Å². The van der Waals surface area contributed by atoms with Crippen molar-refractivity contribution in [3.05, 3.63) is 16.8 Å². The summed E-state index contributed by atoms with van der Waals surface area (Å²) < 4.78 is 25.9. The van der Waals surface area contributed by atoms with Crippen molar-refractivity contribution in [3.63, 3.8) is 0 Å². The summed E-state index contributed by atoms with van der Waals surface area (Å²) >= 11 is 1.25. The molecule has 17 heavy (non-hydrogen) atoms. The quantitative estimate of drug-likeness (QED) is 0.826. The fourth-order valence-electron chi connectivity index (χ4n) is 1.29. The summed E-state index contributed by atoms with van der Waals surface area (Å²) in [5, 5.41) is 12.1. The van der Waals surface area contributed by atoms with Gasteiger partial charge in [0, 0.05) is 5.38 Å². The molecule has 1 aromatic rings. The van der Waals surface area contributed by atoms with E-state index in [4.69, 9.17) is 5.11 Å². The number of nitrogens with one attached hydrogen (secondary N) is 1. The van der Waals surface area contributed by atoms with Crippen molar-refractivity contribution in [1.82, 2.24) is 4.72 Å². The minimum absolute atomic E-state index is 0.108. The number of sulfonamides is 1. The molecule has 0 bridgehead atoms. The first kappa shape index (κ1) is 14.1. The van der Waals surface area contributed by atoms with Gasteiger partial charge in [-0.2, -0.15) is 16.1 Å². The van der Waals surface area contributed by atoms with Gasteiger partial charge in [-0.3, -0.25) is 4.79 Å². The molecule has 0 aliphatic rings. The highest BCUT2D eigenvalue weighted by Crippen LogP contribution is 2.16. The van der Waals surface area contributed by atoms with Crippen molar-refractivity contribution in [3.8, 4) is 0 Å². The van der Waals surface area contributed by atoms with Gasteiger partial charge in [-0.1, -0.05) is 20.3 Å². The molecule has 5 nitrogen and oxygen atoms in total. The van der Waals surface area contributed by atoms with Crippen molar-refractivity contribution >= 4 is 27.3 Å². The molecule has 96 valence electrons. The van der Waals surface area contributed by atoms with E-state index < -0.39 is 22.0 Å². The highest BCUT2D eigenvalue weighted by atomic mass is 32.2. The Morgan fingerprint density at radius 1 is 1.59 bits per heavy atom. The van der Waals surface area contributed by atoms with Crippen LogP contribution in [0.4, 0.5) is 0 Å². The minimum Gasteiger partial charge on any atom is -0.480 e. The second-order valence-electron chi connectivity index (χ2n) is 3.78. The molecule has 0 aromatic carbocycles. The molecular weight excluding hydrogens is 262 g/mol. The van der Waals surface area contributed by atoms with Crippen LogP contribution < -0.4 is 4.72 Å². The zero-order chi connectivity index (χ0) is 13.1. The normalized spacial score (nSPS) is 15.4. The summed E-state index contributed by atoms with van der Waals surface area (Å²) in [6.07, 6.45) is 0.586. The van der Waals surface area contributed by atoms with Crippen molar-refractivity contribution in [2.24, 2.45) is 5.92 Å². The van der Waals surface area contributed by atoms with Crippen LogP contribution in [0.15, 0.2) is 21.7 Å². The van der Waals surface area contributed by atoms with Gasteiger partial charge in [0.2, 0.25) is 10.0 Å². The number of hydrogen-bond acceptors (Lipinski definition) is 4. The van der Waals surface area contributed by atoms with Gasteiger partial charge >= 0.3 is 5.97 Å². The third-order valence-corrected chi connectivity index (χ3v) is 4.84. The predicted molar refractivity (Wildman–Crippen MR) is 65.5 cm³/mol. The second-order valence-corrected chi connectivity index (χ2v) is 6.28. The average molecular weight is 277 g/mol. The van der Waals surface area contributed by atoms with Gasteiger partial charge in [0.15, 0.2) is 0 Å². The summed E-state index contributed by atoms with van der Waals surface area (Å²) in [5.41, 5.74) is 0. The lowest BCUT2D eigenvalue weighted by Gasteiger charge is -2.19. The summed E-state index contributed by atoms with van der Waals surface area (Å²) in [6.45, 7) is 3.52. The van der Waals surface area contributed by atoms with Crippen molar-refractivity contribution in [2.75, 3.05) is 0 Å². The molecule has 0 aliphatic heterocycles. The van der Waals surface area contributed by atoms with E-state index >= 15 is 0 Å². The zero-order valence-electron chi connectivity index (χ0n) is 9.58. The molecule has 0 unspecified atom stereocenters. The molecule has 1 heterocycles. The van der Waals surface area contributed by atoms with Gasteiger partial charge in [-0.25, -0.2) is 8.42 Å². The summed E-state index contributed by atoms with van der Waals surface area (Å²) in [5.74, 6) is -1.42. The van der Waals surface area contributed by atoms with E-state index in [1.54, 1.807) is 12.3 Å². The van der Waals surface area contributed by atoms with E-state index in [0.717, 1.165) is 0 Å². The third kappa shape index (κ3) is 3.52. The Labute approximate surface area is 105 Å². The lowest BCUT2D eigenvalue weighted by Crippen LogP contribution is -2.44. The van der Waals surface area contributed by atoms with E-state index in [1.807, 2.05) is 6.92 Å². The van der Waals surface area contributed by atoms with E-state index in [0.29, 0.717) is 6.42 Å². The van der Waals surface area contributed by atoms with Gasteiger partial charge < -0.3 is 5.11 Å². The lowest BCUT2D eigenvalue weighted by atomic mass is 10.0. The SMILES string of the molecule is CC[C@H](C)[C@H](NS(=O)(=O)c1ccsc1)C(=O)O. The molecule has 1 rings (SSSR count). The molecule has 0 aliphatic carbocycles. The van der Waals surface area contributed by atoms with E-state index in [9.17, 15) is 13.2 Å². The molecule has 0 radical (unpaired) electrons. The highest BCUT2D eigenvalue weighted by molar-refractivity contribution is 7.89. The van der Waals surface area contributed by atoms with Crippen LogP contribution in [0.5, 0.6) is 0 Å². The molecule has 0 fully saturated rings. The number of rotatable bonds is 6. The van der Waals surface area contributed by atoms with Crippen LogP contribution >= 0.6 is 11.3 Å². The van der Waals surface area contributed by atoms with Crippen molar-refractivity contribution in [1.29, 1.82) is 0 Å². The number of thiophene rings is 1. The average Bonchev–Trinajstić information content (AvgIpc) is 2.78. The summed E-state index contributed by atoms with van der Waals surface area (Å²) in [4.78, 5) is 11.1. The first-order valence-electron chi connectivity index (χ1n) is 5.15. The van der Waals surface area contributed by atoms with Crippen molar-refractivity contribution in [2.45, 2.75) is 31.2 Å². The minimum atomic E-state index is -3.74. The predicted octanol–water partition coefficient (Wildman–Crippen LogP) is 1.53. The third-order valence-electron chi connectivity index (χ3n) is 2.57. The molecule has 0 spiro atoms. The Balaban J connectivity index is 2.92. The van der Waals surface area contributed by atoms with Crippen LogP contribution in [-0.2, 0) is 14.8 Å². The van der Waals surface area contributed by atoms with Crippen LogP contribution in [0.1, 0.15) is 20.3 Å². The van der Waals surface area contributed by atoms with Gasteiger partial charge in [0.25, 0.3) is 0 Å². The number of hydrogen-bond donors (Lipinski definition) is 2. The van der Waals surface area contributed by atoms with Crippen LogP contribution in [0.2, 0.25) is 0 Å². The van der Waals surface area contributed by atoms with Crippen LogP contribution in [0.3, 0.4) is 0 Å². The van der Waals surface area contributed by atoms with E-state index in [2.05, 4.69) is 4.72 Å². The van der Waals surface area contributed by atoms with E-state index in [-0.39, 0.29) is 10.8 Å². The van der Waals surface area contributed by atoms with Gasteiger partial charge in [0.05, 0.1) is 4.90 Å². The Morgan fingerprint density at radius 3 is 2.65 bits per heavy atom. The topological polar surface area (TPSA) is 83.5 Å². The second kappa shape index (κ2) is 5.61. The summed E-state index contributed by atoms with van der Waals surface area (Å²) in [7, 11) is -3.74. The Bertz CT molecular complexity index is 467. The maximum absolute atomic E-state index is 11.9. The standard InChI is InChI=1S/C10H15NO4S2/c1-3-7(2)9(10(12)13)11-17(14,15)8-4-5-16-6-8/h4-7,9,11H,3H2,1-2H3,(H,12,13)/t7-,9-/m0/s1. The highest BCUT2D eigenvalue weighted by Gasteiger charge is 2.29. The molecule has 2 N–H and O–H groups in total. The van der Waals surface area contributed by atoms with Crippen LogP contribution in [-0.4, -0.2) is 25.5 Å². The summed E-state index contributed by atoms with van der Waals surface area (Å²) in [6, 6.07) is 0.354. The van der Waals surface area contributed by atoms with E-state index in [1.165, 1.54) is 22.8 Å². The molecule has 0 saturated heterocycles. The first-order chi connectivity index (χ1) is 7.88. The largest absolute Gasteiger partial charge is 0.480 e. The maximum atomic E-state index is 11.9. The van der Waals surface area contributed by atoms with Gasteiger partial charge in [-0.05, 0) is 17.4 Å². The molecule has 2 atom stereocenters. The maximum Gasteiger partial charge on any atom is 0.322 e. The zero-order valence-corrected chi connectivity index (χ0v) is 11.2. The number of carbonyl (C=O) groups is 1. The first-order valence-corrected chi connectivity index (χ1v) is 7.58. The van der Waals surface area contributed by atoms with Gasteiger partial charge in [0.1, 0.15) is 6.04 Å². The van der Waals surface area contributed by atoms with Crippen LogP contribution in [0.25, 0.3) is 0 Å². The van der Waals surface area contributed by atoms with Crippen LogP contribution in [0, 0.1) is 5.92 Å². The van der Waals surface area contributed by atoms with Gasteiger partial charge in [-0.15, -0.1) is 0 Å². The lowest BCUT2D eigenvalue weighted by molar-refractivity contribution is -0.140. The molecular formula is C10H15NO4S2. The number of carboxylic acid groups (broad SMARTS) is 1. The fourth-order valence-corrected chi connectivity index (χ4v) is 3.61. The Kier molecular flexibility index (Phi) is 4.67. The fraction of sp³-hybridized carbons (Fsp3) is 0.500.